The highest BCUT2D eigenvalue weighted by atomic mass is 16.5. The molecule has 0 fully saturated rings. The van der Waals surface area contributed by atoms with Crippen LogP contribution in [0.4, 0.5) is 0 Å². The largest absolute Gasteiger partial charge is 0.487 e. The van der Waals surface area contributed by atoms with Gasteiger partial charge in [0.05, 0.1) is 11.8 Å². The van der Waals surface area contributed by atoms with E-state index in [4.69, 9.17) is 10.00 Å². The normalized spacial score (nSPS) is 9.44. The Morgan fingerprint density at radius 2 is 2.12 bits per heavy atom. The molecule has 1 heterocycles. The van der Waals surface area contributed by atoms with Gasteiger partial charge in [-0.05, 0) is 5.56 Å². The number of hydrogen-bond acceptors (Lipinski definition) is 3. The minimum atomic E-state index is 0.380. The van der Waals surface area contributed by atoms with E-state index in [2.05, 4.69) is 11.2 Å². The van der Waals surface area contributed by atoms with Gasteiger partial charge in [0.25, 0.3) is 0 Å². The minimum absolute atomic E-state index is 0.380. The molecule has 1 aromatic heterocycles. The molecule has 0 spiro atoms. The fourth-order valence-corrected chi connectivity index (χ4v) is 1.25. The van der Waals surface area contributed by atoms with Gasteiger partial charge in [-0.25, -0.2) is 4.98 Å². The van der Waals surface area contributed by atoms with Crippen molar-refractivity contribution in [1.29, 1.82) is 5.26 Å². The number of benzene rings is 1. The first-order valence-corrected chi connectivity index (χ1v) is 4.83. The summed E-state index contributed by atoms with van der Waals surface area (Å²) >= 11 is 0. The zero-order valence-corrected chi connectivity index (χ0v) is 8.55. The molecule has 1 aromatic carbocycles. The van der Waals surface area contributed by atoms with Crippen molar-refractivity contribution in [3.05, 3.63) is 59.9 Å². The standard InChI is InChI=1S/C13H9N2O/c14-7-12-6-13(9-15-8-12)16-10-11-4-2-1-3-5-11/h1-6,9H,10H2. The lowest BCUT2D eigenvalue weighted by atomic mass is 10.2. The molecule has 0 amide bonds. The van der Waals surface area contributed by atoms with Gasteiger partial charge in [0.1, 0.15) is 24.6 Å². The predicted molar refractivity (Wildman–Crippen MR) is 58.6 cm³/mol. The number of nitriles is 1. The second-order valence-corrected chi connectivity index (χ2v) is 3.22. The van der Waals surface area contributed by atoms with Crippen molar-refractivity contribution < 1.29 is 4.74 Å². The summed E-state index contributed by atoms with van der Waals surface area (Å²) in [4.78, 5) is 3.80. The van der Waals surface area contributed by atoms with Crippen LogP contribution in [0.3, 0.4) is 0 Å². The lowest BCUT2D eigenvalue weighted by molar-refractivity contribution is 0.305. The van der Waals surface area contributed by atoms with Crippen LogP contribution in [-0.2, 0) is 6.61 Å². The first kappa shape index (κ1) is 10.2. The van der Waals surface area contributed by atoms with Crippen LogP contribution in [0.1, 0.15) is 11.1 Å². The van der Waals surface area contributed by atoms with E-state index < -0.39 is 0 Å². The van der Waals surface area contributed by atoms with E-state index in [0.717, 1.165) is 5.56 Å². The van der Waals surface area contributed by atoms with Crippen LogP contribution >= 0.6 is 0 Å². The highest BCUT2D eigenvalue weighted by molar-refractivity contribution is 5.31. The Morgan fingerprint density at radius 3 is 2.88 bits per heavy atom. The zero-order valence-electron chi connectivity index (χ0n) is 8.55. The van der Waals surface area contributed by atoms with Crippen molar-refractivity contribution in [1.82, 2.24) is 4.98 Å². The molecule has 0 saturated heterocycles. The summed E-state index contributed by atoms with van der Waals surface area (Å²) < 4.78 is 5.50. The minimum Gasteiger partial charge on any atom is -0.487 e. The first-order valence-electron chi connectivity index (χ1n) is 4.83. The van der Waals surface area contributed by atoms with E-state index in [9.17, 15) is 0 Å². The molecule has 1 radical (unpaired) electrons. The molecule has 77 valence electrons. The van der Waals surface area contributed by atoms with Crippen LogP contribution in [-0.4, -0.2) is 4.98 Å². The number of aromatic nitrogens is 1. The molecule has 0 aliphatic carbocycles. The summed E-state index contributed by atoms with van der Waals surface area (Å²) in [5, 5.41) is 8.67. The van der Waals surface area contributed by atoms with Crippen LogP contribution in [0, 0.1) is 17.5 Å². The van der Waals surface area contributed by atoms with Crippen molar-refractivity contribution in [3.63, 3.8) is 0 Å². The molecule has 0 aliphatic rings. The Kier molecular flexibility index (Phi) is 3.15. The Morgan fingerprint density at radius 1 is 1.31 bits per heavy atom. The molecule has 2 aromatic rings. The second-order valence-electron chi connectivity index (χ2n) is 3.22. The van der Waals surface area contributed by atoms with Gasteiger partial charge in [0, 0.05) is 6.07 Å². The molecule has 3 heteroatoms. The Hall–Kier alpha value is -2.34. The number of rotatable bonds is 3. The molecular weight excluding hydrogens is 200 g/mol. The third-order valence-corrected chi connectivity index (χ3v) is 2.03. The van der Waals surface area contributed by atoms with E-state index in [0.29, 0.717) is 17.9 Å². The van der Waals surface area contributed by atoms with Crippen LogP contribution in [0.25, 0.3) is 0 Å². The van der Waals surface area contributed by atoms with Crippen molar-refractivity contribution in [2.75, 3.05) is 0 Å². The molecule has 0 saturated carbocycles. The van der Waals surface area contributed by atoms with Gasteiger partial charge < -0.3 is 4.74 Å². The maximum atomic E-state index is 8.67. The Bertz CT molecular complexity index is 503. The molecule has 0 atom stereocenters. The van der Waals surface area contributed by atoms with E-state index in [1.807, 2.05) is 36.4 Å². The van der Waals surface area contributed by atoms with Crippen LogP contribution in [0.15, 0.2) is 42.6 Å². The van der Waals surface area contributed by atoms with Gasteiger partial charge >= 0.3 is 0 Å². The Balaban J connectivity index is 2.03. The third kappa shape index (κ3) is 2.58. The fourth-order valence-electron chi connectivity index (χ4n) is 1.25. The average molecular weight is 209 g/mol. The number of nitrogens with zero attached hydrogens (tertiary/aromatic N) is 2. The van der Waals surface area contributed by atoms with E-state index in [1.165, 1.54) is 0 Å². The van der Waals surface area contributed by atoms with Gasteiger partial charge in [-0.1, -0.05) is 30.3 Å². The van der Waals surface area contributed by atoms with E-state index in [1.54, 1.807) is 12.3 Å². The summed E-state index contributed by atoms with van der Waals surface area (Å²) in [5.41, 5.74) is 1.46. The number of hydrogen-bond donors (Lipinski definition) is 0. The molecule has 2 rings (SSSR count). The fraction of sp³-hybridized carbons (Fsp3) is 0.0769. The smallest absolute Gasteiger partial charge is 0.139 e. The molecule has 0 bridgehead atoms. The number of ether oxygens (including phenoxy) is 1. The molecule has 3 nitrogen and oxygen atoms in total. The lowest BCUT2D eigenvalue weighted by Gasteiger charge is -2.05. The van der Waals surface area contributed by atoms with Crippen LogP contribution < -0.4 is 4.74 Å². The number of pyridine rings is 1. The highest BCUT2D eigenvalue weighted by Gasteiger charge is 1.98. The Labute approximate surface area is 93.9 Å². The second kappa shape index (κ2) is 4.94. The zero-order chi connectivity index (χ0) is 11.2. The average Bonchev–Trinajstić information content (AvgIpc) is 2.38. The summed E-state index contributed by atoms with van der Waals surface area (Å²) in [6.07, 6.45) is 4.11. The van der Waals surface area contributed by atoms with E-state index in [-0.39, 0.29) is 0 Å². The SMILES string of the molecule is N#Cc1[c]ncc(OCc2ccccc2)c1. The summed E-state index contributed by atoms with van der Waals surface area (Å²) in [6.45, 7) is 0.470. The van der Waals surface area contributed by atoms with Gasteiger partial charge in [0.2, 0.25) is 0 Å². The van der Waals surface area contributed by atoms with Crippen molar-refractivity contribution >= 4 is 0 Å². The molecule has 0 unspecified atom stereocenters. The summed E-state index contributed by atoms with van der Waals surface area (Å²) in [7, 11) is 0. The van der Waals surface area contributed by atoms with Crippen LogP contribution in [0.5, 0.6) is 5.75 Å². The maximum Gasteiger partial charge on any atom is 0.139 e. The third-order valence-electron chi connectivity index (χ3n) is 2.03. The predicted octanol–water partition coefficient (Wildman–Crippen LogP) is 2.33. The molecular formula is C13H9N2O. The molecule has 0 N–H and O–H groups in total. The lowest BCUT2D eigenvalue weighted by Crippen LogP contribution is -1.95. The monoisotopic (exact) mass is 209 g/mol. The van der Waals surface area contributed by atoms with Crippen molar-refractivity contribution in [3.8, 4) is 11.8 Å². The van der Waals surface area contributed by atoms with E-state index >= 15 is 0 Å². The first-order chi connectivity index (χ1) is 7.88. The van der Waals surface area contributed by atoms with Crippen molar-refractivity contribution in [2.24, 2.45) is 0 Å². The van der Waals surface area contributed by atoms with Gasteiger partial charge in [-0.15, -0.1) is 0 Å². The maximum absolute atomic E-state index is 8.67. The highest BCUT2D eigenvalue weighted by Crippen LogP contribution is 2.12. The van der Waals surface area contributed by atoms with Crippen molar-refractivity contribution in [2.45, 2.75) is 6.61 Å². The topological polar surface area (TPSA) is 45.9 Å². The molecule has 16 heavy (non-hydrogen) atoms. The van der Waals surface area contributed by atoms with Gasteiger partial charge in [0.15, 0.2) is 0 Å². The van der Waals surface area contributed by atoms with Crippen LogP contribution in [0.2, 0.25) is 0 Å². The van der Waals surface area contributed by atoms with Gasteiger partial charge in [-0.3, -0.25) is 0 Å². The quantitative estimate of drug-likeness (QED) is 0.779. The molecule has 0 aliphatic heterocycles. The summed E-state index contributed by atoms with van der Waals surface area (Å²) in [6, 6.07) is 13.4. The summed E-state index contributed by atoms with van der Waals surface area (Å²) in [5.74, 6) is 0.583. The van der Waals surface area contributed by atoms with Gasteiger partial charge in [-0.2, -0.15) is 5.26 Å².